The lowest BCUT2D eigenvalue weighted by Gasteiger charge is -2.20. The maximum absolute atomic E-state index is 14.4. The van der Waals surface area contributed by atoms with Gasteiger partial charge in [0.15, 0.2) is 0 Å². The number of hydrogen-bond acceptors (Lipinski definition) is 3. The van der Waals surface area contributed by atoms with Gasteiger partial charge in [-0.25, -0.2) is 4.39 Å². The number of fused-ring (bicyclic) bond motifs is 1. The zero-order valence-electron chi connectivity index (χ0n) is 11.7. The first kappa shape index (κ1) is 14.0. The van der Waals surface area contributed by atoms with Gasteiger partial charge in [-0.15, -0.1) is 0 Å². The number of carbonyl (C=O) groups excluding carboxylic acids is 2. The molecule has 0 aromatic heterocycles. The molecule has 3 rings (SSSR count). The van der Waals surface area contributed by atoms with Gasteiger partial charge in [-0.05, 0) is 36.6 Å². The van der Waals surface area contributed by atoms with Crippen LogP contribution in [-0.2, 0) is 22.6 Å². The van der Waals surface area contributed by atoms with Gasteiger partial charge in [0.1, 0.15) is 5.82 Å². The molecule has 2 amide bonds. The molecule has 0 atom stereocenters. The van der Waals surface area contributed by atoms with Crippen LogP contribution in [0.5, 0.6) is 0 Å². The number of nitrogens with zero attached hydrogens (tertiary/aromatic N) is 1. The maximum atomic E-state index is 14.4. The third kappa shape index (κ3) is 2.90. The number of benzene rings is 1. The van der Waals surface area contributed by atoms with E-state index >= 15 is 0 Å². The summed E-state index contributed by atoms with van der Waals surface area (Å²) in [4.78, 5) is 24.9. The topological polar surface area (TPSA) is 61.4 Å². The van der Waals surface area contributed by atoms with Crippen molar-refractivity contribution in [3.05, 3.63) is 29.1 Å². The zero-order valence-corrected chi connectivity index (χ0v) is 11.7. The number of anilines is 1. The largest absolute Gasteiger partial charge is 0.333 e. The van der Waals surface area contributed by atoms with E-state index in [1.807, 2.05) is 6.07 Å². The molecule has 0 radical (unpaired) electrons. The molecular formula is C15H18FN3O2. The Morgan fingerprint density at radius 3 is 3.00 bits per heavy atom. The highest BCUT2D eigenvalue weighted by Gasteiger charge is 2.23. The number of rotatable bonds is 3. The summed E-state index contributed by atoms with van der Waals surface area (Å²) in [5.41, 5.74) is 1.81. The van der Waals surface area contributed by atoms with Gasteiger partial charge in [0.25, 0.3) is 0 Å². The Kier molecular flexibility index (Phi) is 3.88. The molecule has 2 aliphatic heterocycles. The lowest BCUT2D eigenvalue weighted by atomic mass is 9.99. The summed E-state index contributed by atoms with van der Waals surface area (Å²) in [5, 5.41) is 5.76. The fourth-order valence-electron chi connectivity index (χ4n) is 2.86. The first-order valence-corrected chi connectivity index (χ1v) is 7.24. The summed E-state index contributed by atoms with van der Waals surface area (Å²) in [6.45, 7) is 1.99. The number of likely N-dealkylation sites (tertiary alicyclic amines) is 1. The van der Waals surface area contributed by atoms with E-state index in [0.29, 0.717) is 31.5 Å². The van der Waals surface area contributed by atoms with E-state index < -0.39 is 0 Å². The quantitative estimate of drug-likeness (QED) is 0.874. The van der Waals surface area contributed by atoms with Crippen LogP contribution in [0, 0.1) is 5.82 Å². The van der Waals surface area contributed by atoms with Gasteiger partial charge < -0.3 is 15.5 Å². The second-order valence-corrected chi connectivity index (χ2v) is 5.46. The molecule has 0 aliphatic carbocycles. The Balaban J connectivity index is 1.70. The molecule has 112 valence electrons. The lowest BCUT2D eigenvalue weighted by Crippen LogP contribution is -2.34. The van der Waals surface area contributed by atoms with Crippen molar-refractivity contribution in [1.82, 2.24) is 10.2 Å². The number of amides is 2. The Morgan fingerprint density at radius 1 is 1.38 bits per heavy atom. The Labute approximate surface area is 122 Å². The van der Waals surface area contributed by atoms with Gasteiger partial charge in [0.05, 0.1) is 12.2 Å². The summed E-state index contributed by atoms with van der Waals surface area (Å²) in [5.74, 6) is -0.713. The van der Waals surface area contributed by atoms with Crippen LogP contribution in [-0.4, -0.2) is 36.3 Å². The maximum Gasteiger partial charge on any atom is 0.244 e. The molecule has 21 heavy (non-hydrogen) atoms. The van der Waals surface area contributed by atoms with E-state index in [-0.39, 0.29) is 29.9 Å². The zero-order chi connectivity index (χ0) is 14.8. The standard InChI is InChI=1S/C15H18FN3O2/c16-15-11-5-6-17-8-10(11)3-4-12(15)18-13(20)9-19-7-1-2-14(19)21/h3-4,17H,1-2,5-9H2,(H,18,20). The number of halogens is 1. The van der Waals surface area contributed by atoms with E-state index in [4.69, 9.17) is 0 Å². The van der Waals surface area contributed by atoms with E-state index in [9.17, 15) is 14.0 Å². The molecule has 1 aromatic carbocycles. The summed E-state index contributed by atoms with van der Waals surface area (Å²) < 4.78 is 14.4. The number of hydrogen-bond donors (Lipinski definition) is 2. The predicted octanol–water partition coefficient (Wildman–Crippen LogP) is 1.03. The van der Waals surface area contributed by atoms with Crippen LogP contribution in [0.3, 0.4) is 0 Å². The van der Waals surface area contributed by atoms with Crippen molar-refractivity contribution in [3.8, 4) is 0 Å². The second kappa shape index (κ2) is 5.81. The molecule has 2 heterocycles. The highest BCUT2D eigenvalue weighted by atomic mass is 19.1. The second-order valence-electron chi connectivity index (χ2n) is 5.46. The molecule has 0 spiro atoms. The van der Waals surface area contributed by atoms with Crippen LogP contribution >= 0.6 is 0 Å². The van der Waals surface area contributed by atoms with Crippen molar-refractivity contribution in [2.24, 2.45) is 0 Å². The van der Waals surface area contributed by atoms with Crippen molar-refractivity contribution in [2.45, 2.75) is 25.8 Å². The van der Waals surface area contributed by atoms with Crippen molar-refractivity contribution in [2.75, 3.05) is 25.0 Å². The predicted molar refractivity (Wildman–Crippen MR) is 76.3 cm³/mol. The van der Waals surface area contributed by atoms with Gasteiger partial charge in [-0.2, -0.15) is 0 Å². The van der Waals surface area contributed by atoms with Gasteiger partial charge in [0, 0.05) is 19.5 Å². The van der Waals surface area contributed by atoms with E-state index in [2.05, 4.69) is 10.6 Å². The molecule has 1 fully saturated rings. The van der Waals surface area contributed by atoms with E-state index in [0.717, 1.165) is 18.5 Å². The fourth-order valence-corrected chi connectivity index (χ4v) is 2.86. The van der Waals surface area contributed by atoms with Crippen LogP contribution in [0.25, 0.3) is 0 Å². The molecule has 2 N–H and O–H groups in total. The first-order valence-electron chi connectivity index (χ1n) is 7.24. The van der Waals surface area contributed by atoms with Crippen LogP contribution in [0.4, 0.5) is 10.1 Å². The fraction of sp³-hybridized carbons (Fsp3) is 0.467. The molecule has 1 saturated heterocycles. The normalized spacial score (nSPS) is 17.8. The SMILES string of the molecule is O=C(CN1CCCC1=O)Nc1ccc2c(c1F)CCNC2. The highest BCUT2D eigenvalue weighted by molar-refractivity contribution is 5.95. The number of carbonyl (C=O) groups is 2. The Bertz CT molecular complexity index is 589. The molecular weight excluding hydrogens is 273 g/mol. The van der Waals surface area contributed by atoms with Crippen molar-refractivity contribution < 1.29 is 14.0 Å². The molecule has 2 aliphatic rings. The van der Waals surface area contributed by atoms with Gasteiger partial charge in [-0.1, -0.05) is 6.07 Å². The minimum Gasteiger partial charge on any atom is -0.333 e. The highest BCUT2D eigenvalue weighted by Crippen LogP contribution is 2.24. The van der Waals surface area contributed by atoms with Gasteiger partial charge in [-0.3, -0.25) is 9.59 Å². The molecule has 1 aromatic rings. The minimum absolute atomic E-state index is 0.00306. The average molecular weight is 291 g/mol. The van der Waals surface area contributed by atoms with Gasteiger partial charge >= 0.3 is 0 Å². The summed E-state index contributed by atoms with van der Waals surface area (Å²) >= 11 is 0. The smallest absolute Gasteiger partial charge is 0.244 e. The summed E-state index contributed by atoms with van der Waals surface area (Å²) in [6, 6.07) is 3.42. The van der Waals surface area contributed by atoms with E-state index in [1.54, 1.807) is 6.07 Å². The van der Waals surface area contributed by atoms with Crippen LogP contribution in [0.15, 0.2) is 12.1 Å². The lowest BCUT2D eigenvalue weighted by molar-refractivity contribution is -0.131. The van der Waals surface area contributed by atoms with Crippen molar-refractivity contribution in [1.29, 1.82) is 0 Å². The molecule has 6 heteroatoms. The van der Waals surface area contributed by atoms with Crippen LogP contribution < -0.4 is 10.6 Å². The molecule has 0 unspecified atom stereocenters. The van der Waals surface area contributed by atoms with Crippen LogP contribution in [0.2, 0.25) is 0 Å². The van der Waals surface area contributed by atoms with Crippen molar-refractivity contribution in [3.63, 3.8) is 0 Å². The van der Waals surface area contributed by atoms with Crippen LogP contribution in [0.1, 0.15) is 24.0 Å². The molecule has 0 saturated carbocycles. The summed E-state index contributed by atoms with van der Waals surface area (Å²) in [7, 11) is 0. The summed E-state index contributed by atoms with van der Waals surface area (Å²) in [6.07, 6.45) is 1.90. The molecule has 5 nitrogen and oxygen atoms in total. The Hall–Kier alpha value is -1.95. The first-order chi connectivity index (χ1) is 10.1. The third-order valence-electron chi connectivity index (χ3n) is 3.99. The Morgan fingerprint density at radius 2 is 2.24 bits per heavy atom. The van der Waals surface area contributed by atoms with Gasteiger partial charge in [0.2, 0.25) is 11.8 Å². The molecule has 0 bridgehead atoms. The van der Waals surface area contributed by atoms with Crippen molar-refractivity contribution >= 4 is 17.5 Å². The van der Waals surface area contributed by atoms with E-state index in [1.165, 1.54) is 4.90 Å². The number of nitrogens with one attached hydrogen (secondary N) is 2. The minimum atomic E-state index is -0.352. The third-order valence-corrected chi connectivity index (χ3v) is 3.99. The average Bonchev–Trinajstić information content (AvgIpc) is 2.87. The monoisotopic (exact) mass is 291 g/mol.